The summed E-state index contributed by atoms with van der Waals surface area (Å²) in [6, 6.07) is 13.1. The van der Waals surface area contributed by atoms with Crippen LogP contribution in [-0.4, -0.2) is 10.1 Å². The van der Waals surface area contributed by atoms with Crippen LogP contribution in [0, 0.1) is 0 Å². The van der Waals surface area contributed by atoms with Gasteiger partial charge in [-0.2, -0.15) is 0 Å². The second-order valence-electron chi connectivity index (χ2n) is 3.58. The van der Waals surface area contributed by atoms with Crippen molar-refractivity contribution in [3.8, 4) is 11.3 Å². The molecule has 0 radical (unpaired) electrons. The average molecular weight is 224 g/mol. The Hall–Kier alpha value is -2.49. The van der Waals surface area contributed by atoms with Crippen molar-refractivity contribution < 1.29 is 4.52 Å². The van der Waals surface area contributed by atoms with E-state index < -0.39 is 5.63 Å². The van der Waals surface area contributed by atoms with Gasteiger partial charge in [0.25, 0.3) is 0 Å². The predicted octanol–water partition coefficient (Wildman–Crippen LogP) is 2.25. The van der Waals surface area contributed by atoms with Crippen LogP contribution in [0.2, 0.25) is 0 Å². The van der Waals surface area contributed by atoms with Gasteiger partial charge in [0.1, 0.15) is 5.69 Å². The molecule has 0 spiro atoms. The molecule has 0 saturated carbocycles. The van der Waals surface area contributed by atoms with E-state index in [1.54, 1.807) is 12.3 Å². The summed E-state index contributed by atoms with van der Waals surface area (Å²) in [5.74, 6) is 0. The maximum absolute atomic E-state index is 11.5. The van der Waals surface area contributed by atoms with Crippen molar-refractivity contribution in [2.45, 2.75) is 0 Å². The predicted molar refractivity (Wildman–Crippen MR) is 63.5 cm³/mol. The summed E-state index contributed by atoms with van der Waals surface area (Å²) in [7, 11) is 0. The van der Waals surface area contributed by atoms with Gasteiger partial charge in [-0.25, -0.2) is 9.78 Å². The van der Waals surface area contributed by atoms with Crippen LogP contribution in [0.4, 0.5) is 0 Å². The van der Waals surface area contributed by atoms with Gasteiger partial charge in [0.15, 0.2) is 5.52 Å². The molecule has 1 aromatic carbocycles. The van der Waals surface area contributed by atoms with Crippen molar-refractivity contribution in [2.24, 2.45) is 0 Å². The van der Waals surface area contributed by atoms with Gasteiger partial charge in [0, 0.05) is 17.1 Å². The van der Waals surface area contributed by atoms with Crippen LogP contribution < -0.4 is 5.63 Å². The lowest BCUT2D eigenvalue weighted by Gasteiger charge is -2.02. The van der Waals surface area contributed by atoms with Crippen molar-refractivity contribution in [1.29, 1.82) is 0 Å². The van der Waals surface area contributed by atoms with E-state index in [1.807, 2.05) is 36.4 Å². The van der Waals surface area contributed by atoms with E-state index in [9.17, 15) is 4.79 Å². The first-order chi connectivity index (χ1) is 8.36. The molecule has 0 aliphatic rings. The molecule has 17 heavy (non-hydrogen) atoms. The fourth-order valence-electron chi connectivity index (χ4n) is 1.74. The van der Waals surface area contributed by atoms with E-state index >= 15 is 0 Å². The zero-order valence-corrected chi connectivity index (χ0v) is 8.83. The van der Waals surface area contributed by atoms with E-state index in [2.05, 4.69) is 10.1 Å². The number of fused-ring (bicyclic) bond motifs is 1. The molecule has 82 valence electrons. The van der Waals surface area contributed by atoms with Gasteiger partial charge < -0.3 is 4.52 Å². The Balaban J connectivity index is 2.39. The molecule has 4 heteroatoms. The smallest absolute Gasteiger partial charge is 0.310 e. The van der Waals surface area contributed by atoms with Crippen molar-refractivity contribution >= 4 is 10.9 Å². The second-order valence-corrected chi connectivity index (χ2v) is 3.58. The molecule has 0 amide bonds. The SMILES string of the molecule is O=c1onc(-c2ccccc2)c2cccnc12. The third kappa shape index (κ3) is 1.59. The molecule has 2 aromatic heterocycles. The second kappa shape index (κ2) is 3.83. The zero-order valence-electron chi connectivity index (χ0n) is 8.83. The fraction of sp³-hybridized carbons (Fsp3) is 0. The molecule has 2 heterocycles. The van der Waals surface area contributed by atoms with E-state index in [1.165, 1.54) is 0 Å². The van der Waals surface area contributed by atoms with Gasteiger partial charge in [0.2, 0.25) is 0 Å². The molecule has 0 aliphatic carbocycles. The Labute approximate surface area is 96.5 Å². The molecule has 0 aliphatic heterocycles. The first-order valence-corrected chi connectivity index (χ1v) is 5.16. The lowest BCUT2D eigenvalue weighted by atomic mass is 10.1. The normalized spacial score (nSPS) is 10.6. The van der Waals surface area contributed by atoms with E-state index in [0.29, 0.717) is 16.6 Å². The number of nitrogens with zero attached hydrogens (tertiary/aromatic N) is 2. The minimum Gasteiger partial charge on any atom is -0.310 e. The quantitative estimate of drug-likeness (QED) is 0.636. The van der Waals surface area contributed by atoms with Crippen molar-refractivity contribution in [2.75, 3.05) is 0 Å². The lowest BCUT2D eigenvalue weighted by molar-refractivity contribution is 0.379. The molecule has 0 fully saturated rings. The van der Waals surface area contributed by atoms with E-state index in [0.717, 1.165) is 5.56 Å². The summed E-state index contributed by atoms with van der Waals surface area (Å²) in [4.78, 5) is 15.5. The number of aromatic nitrogens is 2. The third-order valence-electron chi connectivity index (χ3n) is 2.52. The standard InChI is InChI=1S/C13H8N2O2/c16-13-12-10(7-4-8-14-12)11(15-17-13)9-5-2-1-3-6-9/h1-8H. The van der Waals surface area contributed by atoms with Gasteiger partial charge in [-0.1, -0.05) is 35.5 Å². The van der Waals surface area contributed by atoms with Crippen LogP contribution in [-0.2, 0) is 0 Å². The summed E-state index contributed by atoms with van der Waals surface area (Å²) in [5, 5.41) is 4.55. The lowest BCUT2D eigenvalue weighted by Crippen LogP contribution is -2.04. The van der Waals surface area contributed by atoms with Gasteiger partial charge in [0.05, 0.1) is 0 Å². The summed E-state index contributed by atoms with van der Waals surface area (Å²) >= 11 is 0. The maximum atomic E-state index is 11.5. The van der Waals surface area contributed by atoms with Crippen LogP contribution >= 0.6 is 0 Å². The highest BCUT2D eigenvalue weighted by Crippen LogP contribution is 2.22. The van der Waals surface area contributed by atoms with Crippen LogP contribution in [0.3, 0.4) is 0 Å². The summed E-state index contributed by atoms with van der Waals surface area (Å²) in [5.41, 5.74) is 1.32. The number of rotatable bonds is 1. The number of hydrogen-bond donors (Lipinski definition) is 0. The maximum Gasteiger partial charge on any atom is 0.384 e. The molecule has 0 saturated heterocycles. The van der Waals surface area contributed by atoms with Crippen LogP contribution in [0.15, 0.2) is 58.0 Å². The highest BCUT2D eigenvalue weighted by Gasteiger charge is 2.09. The third-order valence-corrected chi connectivity index (χ3v) is 2.52. The van der Waals surface area contributed by atoms with Crippen molar-refractivity contribution in [3.05, 3.63) is 59.1 Å². The van der Waals surface area contributed by atoms with Crippen LogP contribution in [0.1, 0.15) is 0 Å². The highest BCUT2D eigenvalue weighted by molar-refractivity contribution is 5.90. The van der Waals surface area contributed by atoms with Gasteiger partial charge >= 0.3 is 5.63 Å². The zero-order chi connectivity index (χ0) is 11.7. The van der Waals surface area contributed by atoms with Crippen molar-refractivity contribution in [3.63, 3.8) is 0 Å². The highest BCUT2D eigenvalue weighted by atomic mass is 16.5. The van der Waals surface area contributed by atoms with Gasteiger partial charge in [-0.3, -0.25) is 0 Å². The average Bonchev–Trinajstić information content (AvgIpc) is 2.41. The Kier molecular flexibility index (Phi) is 2.19. The Bertz CT molecular complexity index is 720. The summed E-state index contributed by atoms with van der Waals surface area (Å²) < 4.78 is 4.76. The number of pyridine rings is 1. The summed E-state index contributed by atoms with van der Waals surface area (Å²) in [6.07, 6.45) is 1.56. The Morgan fingerprint density at radius 3 is 2.65 bits per heavy atom. The Morgan fingerprint density at radius 2 is 1.82 bits per heavy atom. The molecule has 0 bridgehead atoms. The molecule has 0 unspecified atom stereocenters. The van der Waals surface area contributed by atoms with Gasteiger partial charge in [-0.05, 0) is 12.1 Å². The molecular weight excluding hydrogens is 216 g/mol. The van der Waals surface area contributed by atoms with Crippen LogP contribution in [0.5, 0.6) is 0 Å². The number of benzene rings is 1. The molecule has 4 nitrogen and oxygen atoms in total. The first kappa shape index (κ1) is 9.72. The minimum absolute atomic E-state index is 0.307. The molecular formula is C13H8N2O2. The topological polar surface area (TPSA) is 56.0 Å². The van der Waals surface area contributed by atoms with Crippen LogP contribution in [0.25, 0.3) is 22.2 Å². The monoisotopic (exact) mass is 224 g/mol. The molecule has 3 aromatic rings. The molecule has 0 N–H and O–H groups in total. The molecule has 0 atom stereocenters. The van der Waals surface area contributed by atoms with E-state index in [4.69, 9.17) is 4.52 Å². The van der Waals surface area contributed by atoms with Crippen molar-refractivity contribution in [1.82, 2.24) is 10.1 Å². The van der Waals surface area contributed by atoms with E-state index in [-0.39, 0.29) is 0 Å². The largest absolute Gasteiger partial charge is 0.384 e. The van der Waals surface area contributed by atoms with Gasteiger partial charge in [-0.15, -0.1) is 0 Å². The Morgan fingerprint density at radius 1 is 1.00 bits per heavy atom. The fourth-order valence-corrected chi connectivity index (χ4v) is 1.74. The molecule has 3 rings (SSSR count). The minimum atomic E-state index is -0.514. The first-order valence-electron chi connectivity index (χ1n) is 5.16. The summed E-state index contributed by atoms with van der Waals surface area (Å²) in [6.45, 7) is 0. The number of hydrogen-bond acceptors (Lipinski definition) is 4.